The van der Waals surface area contributed by atoms with Gasteiger partial charge in [0, 0.05) is 16.6 Å². The largest absolute Gasteiger partial charge is 0.497 e. The van der Waals surface area contributed by atoms with Crippen molar-refractivity contribution in [2.75, 3.05) is 13.7 Å². The second-order valence-corrected chi connectivity index (χ2v) is 7.53. The van der Waals surface area contributed by atoms with Crippen molar-refractivity contribution in [1.82, 2.24) is 15.0 Å². The van der Waals surface area contributed by atoms with Gasteiger partial charge in [0.2, 0.25) is 11.7 Å². The summed E-state index contributed by atoms with van der Waals surface area (Å²) < 4.78 is 11.6. The van der Waals surface area contributed by atoms with Crippen LogP contribution in [0.25, 0.3) is 11.4 Å². The fourth-order valence-electron chi connectivity index (χ4n) is 3.47. The average molecular weight is 442 g/mol. The molecule has 0 bridgehead atoms. The van der Waals surface area contributed by atoms with Gasteiger partial charge in [-0.2, -0.15) is 4.98 Å². The first kappa shape index (κ1) is 18.7. The van der Waals surface area contributed by atoms with Crippen LogP contribution in [-0.2, 0) is 0 Å². The molecule has 144 valence electrons. The lowest BCUT2D eigenvalue weighted by Crippen LogP contribution is -2.38. The summed E-state index contributed by atoms with van der Waals surface area (Å²) in [4.78, 5) is 19.6. The van der Waals surface area contributed by atoms with Gasteiger partial charge in [0.1, 0.15) is 11.8 Å². The van der Waals surface area contributed by atoms with Gasteiger partial charge in [-0.15, -0.1) is 0 Å². The van der Waals surface area contributed by atoms with Crippen molar-refractivity contribution in [1.29, 1.82) is 0 Å². The smallest absolute Gasteiger partial charge is 0.255 e. The van der Waals surface area contributed by atoms with E-state index in [0.29, 0.717) is 23.8 Å². The van der Waals surface area contributed by atoms with Crippen LogP contribution in [0.1, 0.15) is 41.6 Å². The molecule has 1 aromatic heterocycles. The van der Waals surface area contributed by atoms with Gasteiger partial charge < -0.3 is 14.2 Å². The minimum atomic E-state index is -0.222. The van der Waals surface area contributed by atoms with Crippen molar-refractivity contribution in [2.24, 2.45) is 0 Å². The lowest BCUT2D eigenvalue weighted by Gasteiger charge is -2.33. The van der Waals surface area contributed by atoms with Crippen molar-refractivity contribution in [3.63, 3.8) is 0 Å². The predicted molar refractivity (Wildman–Crippen MR) is 108 cm³/mol. The fraction of sp³-hybridized carbons (Fsp3) is 0.286. The number of rotatable bonds is 4. The molecule has 1 saturated heterocycles. The van der Waals surface area contributed by atoms with Crippen molar-refractivity contribution in [3.05, 3.63) is 64.5 Å². The Morgan fingerprint density at radius 1 is 1.21 bits per heavy atom. The van der Waals surface area contributed by atoms with E-state index in [1.807, 2.05) is 53.4 Å². The van der Waals surface area contributed by atoms with Gasteiger partial charge in [-0.25, -0.2) is 0 Å². The molecule has 7 heteroatoms. The predicted octanol–water partition coefficient (Wildman–Crippen LogP) is 4.88. The number of aromatic nitrogens is 2. The summed E-state index contributed by atoms with van der Waals surface area (Å²) in [6, 6.07) is 14.8. The van der Waals surface area contributed by atoms with Crippen LogP contribution in [0.5, 0.6) is 5.75 Å². The first-order valence-corrected chi connectivity index (χ1v) is 10.00. The molecular formula is C21H20BrN3O3. The van der Waals surface area contributed by atoms with E-state index in [2.05, 4.69) is 26.1 Å². The zero-order chi connectivity index (χ0) is 19.5. The highest BCUT2D eigenvalue weighted by molar-refractivity contribution is 9.10. The highest BCUT2D eigenvalue weighted by atomic mass is 79.9. The maximum Gasteiger partial charge on any atom is 0.255 e. The summed E-state index contributed by atoms with van der Waals surface area (Å²) >= 11 is 3.48. The standard InChI is InChI=1S/C21H20BrN3O3/c1-27-15-8-6-7-14(13-15)19-23-20(28-24-19)18-11-4-5-12-25(18)21(26)16-9-2-3-10-17(16)22/h2-3,6-10,13,18H,4-5,11-12H2,1H3. The molecule has 0 aliphatic carbocycles. The van der Waals surface area contributed by atoms with Crippen molar-refractivity contribution < 1.29 is 14.1 Å². The van der Waals surface area contributed by atoms with E-state index in [9.17, 15) is 4.79 Å². The third kappa shape index (κ3) is 3.67. The van der Waals surface area contributed by atoms with Crippen LogP contribution in [0.2, 0.25) is 0 Å². The van der Waals surface area contributed by atoms with E-state index in [4.69, 9.17) is 9.26 Å². The van der Waals surface area contributed by atoms with Crippen LogP contribution in [0.15, 0.2) is 57.5 Å². The SMILES string of the molecule is COc1cccc(-c2noc(C3CCCCN3C(=O)c3ccccc3Br)n2)c1. The monoisotopic (exact) mass is 441 g/mol. The van der Waals surface area contributed by atoms with Gasteiger partial charge >= 0.3 is 0 Å². The molecule has 0 spiro atoms. The number of benzene rings is 2. The Morgan fingerprint density at radius 3 is 2.89 bits per heavy atom. The first-order valence-electron chi connectivity index (χ1n) is 9.21. The van der Waals surface area contributed by atoms with E-state index < -0.39 is 0 Å². The Hall–Kier alpha value is -2.67. The van der Waals surface area contributed by atoms with Crippen LogP contribution in [0.3, 0.4) is 0 Å². The number of amides is 1. The number of piperidine rings is 1. The van der Waals surface area contributed by atoms with Gasteiger partial charge in [-0.1, -0.05) is 29.4 Å². The average Bonchev–Trinajstić information content (AvgIpc) is 3.24. The third-order valence-corrected chi connectivity index (χ3v) is 5.61. The van der Waals surface area contributed by atoms with Crippen molar-refractivity contribution >= 4 is 21.8 Å². The minimum Gasteiger partial charge on any atom is -0.497 e. The molecule has 28 heavy (non-hydrogen) atoms. The molecule has 4 rings (SSSR count). The number of ether oxygens (including phenoxy) is 1. The molecule has 1 amide bonds. The number of hydrogen-bond donors (Lipinski definition) is 0. The first-order chi connectivity index (χ1) is 13.7. The second-order valence-electron chi connectivity index (χ2n) is 6.68. The highest BCUT2D eigenvalue weighted by Crippen LogP contribution is 2.33. The molecule has 1 unspecified atom stereocenters. The van der Waals surface area contributed by atoms with E-state index >= 15 is 0 Å². The van der Waals surface area contributed by atoms with Crippen molar-refractivity contribution in [2.45, 2.75) is 25.3 Å². The molecule has 0 N–H and O–H groups in total. The summed E-state index contributed by atoms with van der Waals surface area (Å²) in [6.45, 7) is 0.668. The third-order valence-electron chi connectivity index (χ3n) is 4.92. The minimum absolute atomic E-state index is 0.0293. The molecule has 2 heterocycles. The quantitative estimate of drug-likeness (QED) is 0.577. The summed E-state index contributed by atoms with van der Waals surface area (Å²) in [5, 5.41) is 4.13. The Balaban J connectivity index is 1.63. The fourth-order valence-corrected chi connectivity index (χ4v) is 3.93. The molecule has 0 saturated carbocycles. The summed E-state index contributed by atoms with van der Waals surface area (Å²) in [5.41, 5.74) is 1.45. The Morgan fingerprint density at radius 2 is 2.07 bits per heavy atom. The normalized spacial score (nSPS) is 16.8. The Bertz CT molecular complexity index is 988. The number of carbonyl (C=O) groups excluding carboxylic acids is 1. The lowest BCUT2D eigenvalue weighted by atomic mass is 10.0. The van der Waals surface area contributed by atoms with E-state index in [1.54, 1.807) is 7.11 Å². The number of methoxy groups -OCH3 is 1. The highest BCUT2D eigenvalue weighted by Gasteiger charge is 2.33. The van der Waals surface area contributed by atoms with Crippen LogP contribution < -0.4 is 4.74 Å². The molecule has 2 aromatic carbocycles. The molecule has 1 atom stereocenters. The number of nitrogens with zero attached hydrogens (tertiary/aromatic N) is 3. The van der Waals surface area contributed by atoms with Crippen molar-refractivity contribution in [3.8, 4) is 17.1 Å². The Kier molecular flexibility index (Phi) is 5.43. The van der Waals surface area contributed by atoms with Gasteiger partial charge in [0.05, 0.1) is 12.7 Å². The molecule has 3 aromatic rings. The summed E-state index contributed by atoms with van der Waals surface area (Å²) in [5.74, 6) is 1.66. The summed E-state index contributed by atoms with van der Waals surface area (Å²) in [6.07, 6.45) is 2.78. The van der Waals surface area contributed by atoms with Gasteiger partial charge in [-0.05, 0) is 59.5 Å². The second kappa shape index (κ2) is 8.14. The molecule has 1 fully saturated rings. The van der Waals surface area contributed by atoms with Crippen LogP contribution >= 0.6 is 15.9 Å². The maximum absolute atomic E-state index is 13.2. The van der Waals surface area contributed by atoms with Gasteiger partial charge in [0.15, 0.2) is 0 Å². The zero-order valence-electron chi connectivity index (χ0n) is 15.5. The van der Waals surface area contributed by atoms with Crippen LogP contribution in [-0.4, -0.2) is 34.6 Å². The lowest BCUT2D eigenvalue weighted by molar-refractivity contribution is 0.0560. The molecule has 1 aliphatic heterocycles. The van der Waals surface area contributed by atoms with Gasteiger partial charge in [0.25, 0.3) is 5.91 Å². The van der Waals surface area contributed by atoms with E-state index in [-0.39, 0.29) is 11.9 Å². The van der Waals surface area contributed by atoms with E-state index in [1.165, 1.54) is 0 Å². The maximum atomic E-state index is 13.2. The zero-order valence-corrected chi connectivity index (χ0v) is 17.1. The number of halogens is 1. The molecule has 1 aliphatic rings. The molecule has 6 nitrogen and oxygen atoms in total. The Labute approximate surface area is 171 Å². The summed E-state index contributed by atoms with van der Waals surface area (Å²) in [7, 11) is 1.62. The number of carbonyl (C=O) groups is 1. The molecular weight excluding hydrogens is 422 g/mol. The van der Waals surface area contributed by atoms with Gasteiger partial charge in [-0.3, -0.25) is 4.79 Å². The topological polar surface area (TPSA) is 68.5 Å². The van der Waals surface area contributed by atoms with E-state index in [0.717, 1.165) is 35.0 Å². The van der Waals surface area contributed by atoms with Crippen LogP contribution in [0, 0.1) is 0 Å². The van der Waals surface area contributed by atoms with Crippen LogP contribution in [0.4, 0.5) is 0 Å². The number of likely N-dealkylation sites (tertiary alicyclic amines) is 1. The number of hydrogen-bond acceptors (Lipinski definition) is 5. The molecule has 0 radical (unpaired) electrons.